The molecule has 6 nitrogen and oxygen atoms in total. The summed E-state index contributed by atoms with van der Waals surface area (Å²) in [5.41, 5.74) is 0. The first-order valence-electron chi connectivity index (χ1n) is 9.70. The first-order valence-corrected chi connectivity index (χ1v) is 9.70. The van der Waals surface area contributed by atoms with Crippen molar-refractivity contribution in [3.8, 4) is 0 Å². The van der Waals surface area contributed by atoms with Crippen molar-refractivity contribution in [1.82, 2.24) is 15.5 Å². The lowest BCUT2D eigenvalue weighted by Crippen LogP contribution is -2.51. The van der Waals surface area contributed by atoms with Crippen LogP contribution in [0.3, 0.4) is 0 Å². The molecule has 3 saturated heterocycles. The fraction of sp³-hybridized carbons (Fsp3) is 0.944. The summed E-state index contributed by atoms with van der Waals surface area (Å²) in [7, 11) is 1.77. The zero-order chi connectivity index (χ0) is 16.8. The number of piperidine rings is 1. The van der Waals surface area contributed by atoms with Gasteiger partial charge in [-0.15, -0.1) is 0 Å². The Balaban J connectivity index is 1.48. The molecule has 0 aromatic rings. The van der Waals surface area contributed by atoms with Crippen molar-refractivity contribution in [3.63, 3.8) is 0 Å². The van der Waals surface area contributed by atoms with Crippen LogP contribution >= 0.6 is 0 Å². The first kappa shape index (κ1) is 18.0. The molecule has 3 aliphatic rings. The van der Waals surface area contributed by atoms with Crippen molar-refractivity contribution in [2.24, 2.45) is 10.9 Å². The normalized spacial score (nSPS) is 33.8. The molecule has 0 amide bonds. The van der Waals surface area contributed by atoms with Crippen molar-refractivity contribution in [2.45, 2.75) is 57.3 Å². The SMILES string of the molecule is CCNC(=NC[C@@H]1C[C@H]2CC[C@H]1O2)N[C@@H]1CCCN(CCOC)C1. The number of aliphatic imine (C=N–C) groups is 1. The fourth-order valence-electron chi connectivity index (χ4n) is 4.25. The van der Waals surface area contributed by atoms with Gasteiger partial charge in [0.15, 0.2) is 5.96 Å². The Labute approximate surface area is 146 Å². The van der Waals surface area contributed by atoms with E-state index in [1.807, 2.05) is 0 Å². The lowest BCUT2D eigenvalue weighted by Gasteiger charge is -2.33. The second kappa shape index (κ2) is 9.02. The largest absolute Gasteiger partial charge is 0.383 e. The minimum atomic E-state index is 0.459. The molecule has 24 heavy (non-hydrogen) atoms. The minimum Gasteiger partial charge on any atom is -0.383 e. The van der Waals surface area contributed by atoms with Gasteiger partial charge in [-0.2, -0.15) is 0 Å². The predicted octanol–water partition coefficient (Wildman–Crippen LogP) is 1.22. The van der Waals surface area contributed by atoms with Crippen molar-refractivity contribution in [1.29, 1.82) is 0 Å². The van der Waals surface area contributed by atoms with E-state index in [0.717, 1.165) is 38.7 Å². The lowest BCUT2D eigenvalue weighted by molar-refractivity contribution is 0.0937. The Morgan fingerprint density at radius 2 is 2.25 bits per heavy atom. The third-order valence-electron chi connectivity index (χ3n) is 5.52. The monoisotopic (exact) mass is 338 g/mol. The maximum absolute atomic E-state index is 5.95. The number of hydrogen-bond donors (Lipinski definition) is 2. The van der Waals surface area contributed by atoms with Crippen molar-refractivity contribution in [3.05, 3.63) is 0 Å². The molecule has 0 aliphatic carbocycles. The smallest absolute Gasteiger partial charge is 0.191 e. The van der Waals surface area contributed by atoms with Gasteiger partial charge < -0.3 is 20.1 Å². The van der Waals surface area contributed by atoms with Crippen molar-refractivity contribution >= 4 is 5.96 Å². The maximum Gasteiger partial charge on any atom is 0.191 e. The Kier molecular flexibility index (Phi) is 6.75. The molecule has 0 aromatic carbocycles. The molecule has 3 aliphatic heterocycles. The van der Waals surface area contributed by atoms with Crippen LogP contribution in [0.2, 0.25) is 0 Å². The van der Waals surface area contributed by atoms with E-state index in [4.69, 9.17) is 14.5 Å². The topological polar surface area (TPSA) is 58.1 Å². The molecule has 0 aromatic heterocycles. The summed E-state index contributed by atoms with van der Waals surface area (Å²) in [4.78, 5) is 7.35. The van der Waals surface area contributed by atoms with E-state index in [-0.39, 0.29) is 0 Å². The molecule has 138 valence electrons. The standard InChI is InChI=1S/C18H34N4O2/c1-3-19-18(20-12-14-11-16-6-7-17(14)24-16)21-15-5-4-8-22(13-15)9-10-23-2/h14-17H,3-13H2,1-2H3,(H2,19,20,21)/t14-,15+,16+,17+/m0/s1. The molecular formula is C18H34N4O2. The van der Waals surface area contributed by atoms with Crippen LogP contribution in [0.15, 0.2) is 4.99 Å². The van der Waals surface area contributed by atoms with Crippen molar-refractivity contribution < 1.29 is 9.47 Å². The summed E-state index contributed by atoms with van der Waals surface area (Å²) in [6, 6.07) is 0.477. The van der Waals surface area contributed by atoms with Crippen LogP contribution in [0.1, 0.15) is 39.0 Å². The summed E-state index contributed by atoms with van der Waals surface area (Å²) < 4.78 is 11.2. The number of fused-ring (bicyclic) bond motifs is 2. The van der Waals surface area contributed by atoms with Gasteiger partial charge in [0, 0.05) is 45.2 Å². The van der Waals surface area contributed by atoms with E-state index in [1.54, 1.807) is 7.11 Å². The van der Waals surface area contributed by atoms with Gasteiger partial charge >= 0.3 is 0 Å². The highest BCUT2D eigenvalue weighted by Crippen LogP contribution is 2.38. The highest BCUT2D eigenvalue weighted by molar-refractivity contribution is 5.80. The molecule has 0 unspecified atom stereocenters. The van der Waals surface area contributed by atoms with Gasteiger partial charge in [-0.3, -0.25) is 9.89 Å². The first-order chi connectivity index (χ1) is 11.8. The molecule has 0 spiro atoms. The summed E-state index contributed by atoms with van der Waals surface area (Å²) in [6.07, 6.45) is 7.10. The molecule has 3 rings (SSSR count). The van der Waals surface area contributed by atoms with E-state index in [0.29, 0.717) is 24.2 Å². The number of likely N-dealkylation sites (tertiary alicyclic amines) is 1. The van der Waals surface area contributed by atoms with Crippen LogP contribution in [-0.2, 0) is 9.47 Å². The van der Waals surface area contributed by atoms with Crippen LogP contribution in [0.25, 0.3) is 0 Å². The Bertz CT molecular complexity index is 418. The van der Waals surface area contributed by atoms with Crippen LogP contribution in [-0.4, -0.2) is 75.5 Å². The highest BCUT2D eigenvalue weighted by Gasteiger charge is 2.40. The number of nitrogens with one attached hydrogen (secondary N) is 2. The summed E-state index contributed by atoms with van der Waals surface area (Å²) >= 11 is 0. The number of nitrogens with zero attached hydrogens (tertiary/aromatic N) is 2. The lowest BCUT2D eigenvalue weighted by atomic mass is 9.89. The molecule has 3 heterocycles. The number of ether oxygens (including phenoxy) is 2. The van der Waals surface area contributed by atoms with E-state index in [2.05, 4.69) is 22.5 Å². The molecule has 4 atom stereocenters. The number of hydrogen-bond acceptors (Lipinski definition) is 4. The Hall–Kier alpha value is -0.850. The van der Waals surface area contributed by atoms with Gasteiger partial charge in [0.25, 0.3) is 0 Å². The van der Waals surface area contributed by atoms with Gasteiger partial charge in [-0.25, -0.2) is 0 Å². The summed E-state index contributed by atoms with van der Waals surface area (Å²) in [5, 5.41) is 7.06. The Morgan fingerprint density at radius 1 is 1.33 bits per heavy atom. The minimum absolute atomic E-state index is 0.459. The molecular weight excluding hydrogens is 304 g/mol. The Morgan fingerprint density at radius 3 is 2.96 bits per heavy atom. The van der Waals surface area contributed by atoms with Gasteiger partial charge in [0.2, 0.25) is 0 Å². The summed E-state index contributed by atoms with van der Waals surface area (Å²) in [6.45, 7) is 8.00. The quantitative estimate of drug-likeness (QED) is 0.540. The third-order valence-corrected chi connectivity index (χ3v) is 5.52. The molecule has 0 saturated carbocycles. The fourth-order valence-corrected chi connectivity index (χ4v) is 4.25. The molecule has 6 heteroatoms. The number of guanidine groups is 1. The molecule has 3 fully saturated rings. The van der Waals surface area contributed by atoms with E-state index in [1.165, 1.54) is 38.6 Å². The summed E-state index contributed by atoms with van der Waals surface area (Å²) in [5.74, 6) is 1.59. The second-order valence-electron chi connectivity index (χ2n) is 7.37. The number of methoxy groups -OCH3 is 1. The number of rotatable bonds is 7. The third kappa shape index (κ3) is 4.83. The van der Waals surface area contributed by atoms with Crippen LogP contribution in [0.4, 0.5) is 0 Å². The predicted molar refractivity (Wildman–Crippen MR) is 96.5 cm³/mol. The second-order valence-corrected chi connectivity index (χ2v) is 7.37. The van der Waals surface area contributed by atoms with E-state index < -0.39 is 0 Å². The molecule has 2 bridgehead atoms. The average Bonchev–Trinajstić information content (AvgIpc) is 3.21. The van der Waals surface area contributed by atoms with Crippen LogP contribution in [0.5, 0.6) is 0 Å². The van der Waals surface area contributed by atoms with Crippen LogP contribution in [0, 0.1) is 5.92 Å². The maximum atomic E-state index is 5.95. The van der Waals surface area contributed by atoms with E-state index >= 15 is 0 Å². The molecule has 2 N–H and O–H groups in total. The van der Waals surface area contributed by atoms with Gasteiger partial charge in [0.05, 0.1) is 18.8 Å². The van der Waals surface area contributed by atoms with Crippen LogP contribution < -0.4 is 10.6 Å². The zero-order valence-corrected chi connectivity index (χ0v) is 15.3. The van der Waals surface area contributed by atoms with Gasteiger partial charge in [-0.1, -0.05) is 0 Å². The molecule has 0 radical (unpaired) electrons. The van der Waals surface area contributed by atoms with E-state index in [9.17, 15) is 0 Å². The van der Waals surface area contributed by atoms with Gasteiger partial charge in [-0.05, 0) is 45.6 Å². The van der Waals surface area contributed by atoms with Crippen molar-refractivity contribution in [2.75, 3.05) is 46.4 Å². The average molecular weight is 338 g/mol. The highest BCUT2D eigenvalue weighted by atomic mass is 16.5. The zero-order valence-electron chi connectivity index (χ0n) is 15.3. The van der Waals surface area contributed by atoms with Gasteiger partial charge in [0.1, 0.15) is 0 Å².